The van der Waals surface area contributed by atoms with E-state index in [-0.39, 0.29) is 22.9 Å². The summed E-state index contributed by atoms with van der Waals surface area (Å²) in [6.07, 6.45) is 0. The Bertz CT molecular complexity index is 370. The summed E-state index contributed by atoms with van der Waals surface area (Å²) in [5.41, 5.74) is 0.188. The van der Waals surface area contributed by atoms with Crippen molar-refractivity contribution in [3.63, 3.8) is 0 Å². The SMILES string of the molecule is CNCC(=O)c1cc(Br)cc(F)c1Cl. The van der Waals surface area contributed by atoms with E-state index < -0.39 is 5.82 Å². The fourth-order valence-corrected chi connectivity index (χ4v) is 1.66. The predicted octanol–water partition coefficient (Wildman–Crippen LogP) is 2.64. The maximum absolute atomic E-state index is 13.1. The van der Waals surface area contributed by atoms with Crippen LogP contribution in [0.5, 0.6) is 0 Å². The summed E-state index contributed by atoms with van der Waals surface area (Å²) < 4.78 is 13.6. The van der Waals surface area contributed by atoms with E-state index in [4.69, 9.17) is 11.6 Å². The quantitative estimate of drug-likeness (QED) is 0.681. The van der Waals surface area contributed by atoms with Gasteiger partial charge in [-0.25, -0.2) is 4.39 Å². The Morgan fingerprint density at radius 2 is 2.29 bits per heavy atom. The van der Waals surface area contributed by atoms with Crippen LogP contribution in [-0.2, 0) is 0 Å². The average Bonchev–Trinajstić information content (AvgIpc) is 2.11. The molecule has 0 fully saturated rings. The van der Waals surface area contributed by atoms with Crippen LogP contribution >= 0.6 is 27.5 Å². The van der Waals surface area contributed by atoms with Crippen LogP contribution in [0.2, 0.25) is 5.02 Å². The number of likely N-dealkylation sites (N-methyl/N-ethyl adjacent to an activating group) is 1. The van der Waals surface area contributed by atoms with Gasteiger partial charge in [-0.05, 0) is 19.2 Å². The highest BCUT2D eigenvalue weighted by atomic mass is 79.9. The lowest BCUT2D eigenvalue weighted by molar-refractivity contribution is 0.0993. The molecular weight excluding hydrogens is 272 g/mol. The molecule has 0 aliphatic rings. The van der Waals surface area contributed by atoms with Crippen molar-refractivity contribution in [3.05, 3.63) is 33.0 Å². The molecule has 0 amide bonds. The van der Waals surface area contributed by atoms with Crippen LogP contribution in [0.4, 0.5) is 4.39 Å². The first kappa shape index (κ1) is 11.6. The number of hydrogen-bond donors (Lipinski definition) is 1. The second-order valence-corrected chi connectivity index (χ2v) is 4.00. The van der Waals surface area contributed by atoms with Crippen LogP contribution in [0, 0.1) is 5.82 Å². The number of rotatable bonds is 3. The lowest BCUT2D eigenvalue weighted by Gasteiger charge is -2.04. The summed E-state index contributed by atoms with van der Waals surface area (Å²) in [7, 11) is 1.64. The number of benzene rings is 1. The predicted molar refractivity (Wildman–Crippen MR) is 57.4 cm³/mol. The van der Waals surface area contributed by atoms with Crippen molar-refractivity contribution in [1.29, 1.82) is 0 Å². The molecule has 5 heteroatoms. The zero-order valence-electron chi connectivity index (χ0n) is 7.40. The first-order chi connectivity index (χ1) is 6.56. The van der Waals surface area contributed by atoms with E-state index in [1.54, 1.807) is 7.05 Å². The molecule has 0 aromatic heterocycles. The molecule has 0 atom stereocenters. The van der Waals surface area contributed by atoms with Gasteiger partial charge in [-0.1, -0.05) is 27.5 Å². The third-order valence-corrected chi connectivity index (χ3v) is 2.47. The molecule has 0 bridgehead atoms. The molecule has 0 aliphatic carbocycles. The molecule has 0 aliphatic heterocycles. The molecular formula is C9H8BrClFNO. The van der Waals surface area contributed by atoms with Gasteiger partial charge in [-0.15, -0.1) is 0 Å². The van der Waals surface area contributed by atoms with E-state index in [1.807, 2.05) is 0 Å². The molecule has 0 unspecified atom stereocenters. The van der Waals surface area contributed by atoms with Crippen molar-refractivity contribution in [3.8, 4) is 0 Å². The third kappa shape index (κ3) is 2.53. The minimum absolute atomic E-state index is 0.131. The fourth-order valence-electron chi connectivity index (χ4n) is 1.01. The number of carbonyl (C=O) groups is 1. The smallest absolute Gasteiger partial charge is 0.178 e. The van der Waals surface area contributed by atoms with Gasteiger partial charge in [0.1, 0.15) is 5.82 Å². The molecule has 76 valence electrons. The molecule has 0 radical (unpaired) electrons. The summed E-state index contributed by atoms with van der Waals surface area (Å²) in [5.74, 6) is -0.835. The molecule has 0 spiro atoms. The zero-order chi connectivity index (χ0) is 10.7. The first-order valence-corrected chi connectivity index (χ1v) is 5.05. The van der Waals surface area contributed by atoms with Gasteiger partial charge in [0.2, 0.25) is 0 Å². The second kappa shape index (κ2) is 4.87. The van der Waals surface area contributed by atoms with E-state index in [0.717, 1.165) is 0 Å². The van der Waals surface area contributed by atoms with Gasteiger partial charge in [0.15, 0.2) is 5.78 Å². The summed E-state index contributed by atoms with van der Waals surface area (Å²) in [6, 6.07) is 2.73. The maximum atomic E-state index is 13.1. The average molecular weight is 281 g/mol. The lowest BCUT2D eigenvalue weighted by Crippen LogP contribution is -2.19. The number of Topliss-reactive ketones (excluding diaryl/α,β-unsaturated/α-hetero) is 1. The van der Waals surface area contributed by atoms with Crippen molar-refractivity contribution in [2.24, 2.45) is 0 Å². The minimum atomic E-state index is -0.597. The Balaban J connectivity index is 3.13. The number of halogens is 3. The minimum Gasteiger partial charge on any atom is -0.313 e. The van der Waals surface area contributed by atoms with E-state index in [9.17, 15) is 9.18 Å². The van der Waals surface area contributed by atoms with Crippen LogP contribution in [0.3, 0.4) is 0 Å². The van der Waals surface area contributed by atoms with Gasteiger partial charge in [0.25, 0.3) is 0 Å². The van der Waals surface area contributed by atoms with Gasteiger partial charge in [-0.2, -0.15) is 0 Å². The van der Waals surface area contributed by atoms with Crippen LogP contribution in [0.25, 0.3) is 0 Å². The summed E-state index contributed by atoms with van der Waals surface area (Å²) in [4.78, 5) is 11.4. The molecule has 2 nitrogen and oxygen atoms in total. The molecule has 0 saturated carbocycles. The molecule has 14 heavy (non-hydrogen) atoms. The Kier molecular flexibility index (Phi) is 4.04. The van der Waals surface area contributed by atoms with Crippen LogP contribution < -0.4 is 5.32 Å². The first-order valence-electron chi connectivity index (χ1n) is 3.88. The van der Waals surface area contributed by atoms with Crippen molar-refractivity contribution >= 4 is 33.3 Å². The molecule has 1 N–H and O–H groups in total. The molecule has 0 heterocycles. The zero-order valence-corrected chi connectivity index (χ0v) is 9.75. The van der Waals surface area contributed by atoms with Crippen molar-refractivity contribution < 1.29 is 9.18 Å². The van der Waals surface area contributed by atoms with Crippen molar-refractivity contribution in [2.45, 2.75) is 0 Å². The Morgan fingerprint density at radius 1 is 1.64 bits per heavy atom. The van der Waals surface area contributed by atoms with E-state index in [1.165, 1.54) is 12.1 Å². The molecule has 1 aromatic carbocycles. The lowest BCUT2D eigenvalue weighted by atomic mass is 10.1. The normalized spacial score (nSPS) is 10.3. The molecule has 1 aromatic rings. The highest BCUT2D eigenvalue weighted by Gasteiger charge is 2.14. The Hall–Kier alpha value is -0.450. The second-order valence-electron chi connectivity index (χ2n) is 2.70. The van der Waals surface area contributed by atoms with Crippen molar-refractivity contribution in [1.82, 2.24) is 5.32 Å². The fraction of sp³-hybridized carbons (Fsp3) is 0.222. The van der Waals surface area contributed by atoms with E-state index in [2.05, 4.69) is 21.2 Å². The standard InChI is InChI=1S/C9H8BrClFNO/c1-13-4-8(14)6-2-5(10)3-7(12)9(6)11/h2-3,13H,4H2,1H3. The number of ketones is 1. The van der Waals surface area contributed by atoms with Gasteiger partial charge >= 0.3 is 0 Å². The Labute approximate surface area is 94.6 Å². The van der Waals surface area contributed by atoms with E-state index >= 15 is 0 Å². The summed E-state index contributed by atoms with van der Waals surface area (Å²) in [5, 5.41) is 2.56. The summed E-state index contributed by atoms with van der Waals surface area (Å²) >= 11 is 8.75. The van der Waals surface area contributed by atoms with Gasteiger partial charge in [0, 0.05) is 10.0 Å². The number of hydrogen-bond acceptors (Lipinski definition) is 2. The molecule has 1 rings (SSSR count). The van der Waals surface area contributed by atoms with Gasteiger partial charge in [0.05, 0.1) is 11.6 Å². The molecule has 0 saturated heterocycles. The topological polar surface area (TPSA) is 29.1 Å². The van der Waals surface area contributed by atoms with Gasteiger partial charge in [-0.3, -0.25) is 4.79 Å². The maximum Gasteiger partial charge on any atom is 0.178 e. The highest BCUT2D eigenvalue weighted by molar-refractivity contribution is 9.10. The highest BCUT2D eigenvalue weighted by Crippen LogP contribution is 2.25. The third-order valence-electron chi connectivity index (χ3n) is 1.63. The van der Waals surface area contributed by atoms with Crippen LogP contribution in [-0.4, -0.2) is 19.4 Å². The number of nitrogens with one attached hydrogen (secondary N) is 1. The summed E-state index contributed by atoms with van der Waals surface area (Å²) in [6.45, 7) is 0.135. The van der Waals surface area contributed by atoms with Crippen LogP contribution in [0.1, 0.15) is 10.4 Å². The van der Waals surface area contributed by atoms with E-state index in [0.29, 0.717) is 4.47 Å². The van der Waals surface area contributed by atoms with Crippen LogP contribution in [0.15, 0.2) is 16.6 Å². The van der Waals surface area contributed by atoms with Gasteiger partial charge < -0.3 is 5.32 Å². The van der Waals surface area contributed by atoms with Crippen molar-refractivity contribution in [2.75, 3.05) is 13.6 Å². The Morgan fingerprint density at radius 3 is 2.86 bits per heavy atom. The monoisotopic (exact) mass is 279 g/mol. The number of carbonyl (C=O) groups excluding carboxylic acids is 1. The largest absolute Gasteiger partial charge is 0.313 e.